The summed E-state index contributed by atoms with van der Waals surface area (Å²) in [6.45, 7) is 0.701. The van der Waals surface area contributed by atoms with Crippen LogP contribution < -0.4 is 5.32 Å². The predicted molar refractivity (Wildman–Crippen MR) is 55.8 cm³/mol. The van der Waals surface area contributed by atoms with E-state index in [1.807, 2.05) is 24.3 Å². The van der Waals surface area contributed by atoms with E-state index in [0.29, 0.717) is 6.54 Å². The molecular formula is C10H10BrNO2. The lowest BCUT2D eigenvalue weighted by atomic mass is 10.1. The maximum atomic E-state index is 10.9. The van der Waals surface area contributed by atoms with E-state index in [2.05, 4.69) is 21.2 Å². The second-order valence-electron chi connectivity index (χ2n) is 3.16. The number of amides is 1. The number of hydrogen-bond acceptors (Lipinski definition) is 2. The van der Waals surface area contributed by atoms with Crippen LogP contribution in [0.25, 0.3) is 0 Å². The van der Waals surface area contributed by atoms with Crippen LogP contribution in [0.4, 0.5) is 0 Å². The number of nitrogens with one attached hydrogen (secondary N) is 1. The zero-order valence-electron chi connectivity index (χ0n) is 7.50. The minimum atomic E-state index is -0.0451. The maximum absolute atomic E-state index is 10.9. The molecule has 0 bridgehead atoms. The molecule has 0 aromatic heterocycles. The van der Waals surface area contributed by atoms with Gasteiger partial charge in [0, 0.05) is 11.0 Å². The van der Waals surface area contributed by atoms with Crippen molar-refractivity contribution in [1.29, 1.82) is 0 Å². The van der Waals surface area contributed by atoms with Gasteiger partial charge in [0.05, 0.1) is 0 Å². The Morgan fingerprint density at radius 2 is 2.36 bits per heavy atom. The van der Waals surface area contributed by atoms with Crippen molar-refractivity contribution in [2.45, 2.75) is 6.10 Å². The highest BCUT2D eigenvalue weighted by molar-refractivity contribution is 9.10. The molecule has 1 fully saturated rings. The highest BCUT2D eigenvalue weighted by Gasteiger charge is 2.19. The van der Waals surface area contributed by atoms with Crippen LogP contribution in [-0.2, 0) is 9.53 Å². The molecule has 0 saturated carbocycles. The Bertz CT molecular complexity index is 344. The average molecular weight is 256 g/mol. The fourth-order valence-electron chi connectivity index (χ4n) is 1.41. The second kappa shape index (κ2) is 4.11. The monoisotopic (exact) mass is 255 g/mol. The Morgan fingerprint density at radius 3 is 3.00 bits per heavy atom. The molecule has 1 atom stereocenters. The molecule has 4 heteroatoms. The molecule has 1 unspecified atom stereocenters. The van der Waals surface area contributed by atoms with Crippen molar-refractivity contribution in [1.82, 2.24) is 5.32 Å². The van der Waals surface area contributed by atoms with E-state index in [9.17, 15) is 4.79 Å². The number of rotatable bonds is 1. The van der Waals surface area contributed by atoms with Gasteiger partial charge in [-0.15, -0.1) is 0 Å². The van der Waals surface area contributed by atoms with Crippen LogP contribution >= 0.6 is 15.9 Å². The molecule has 2 rings (SSSR count). The quantitative estimate of drug-likeness (QED) is 0.829. The third kappa shape index (κ3) is 2.13. The lowest BCUT2D eigenvalue weighted by Crippen LogP contribution is -2.38. The zero-order chi connectivity index (χ0) is 9.97. The molecule has 0 spiro atoms. The summed E-state index contributed by atoms with van der Waals surface area (Å²) in [5, 5.41) is 2.77. The number of hydrogen-bond donors (Lipinski definition) is 1. The fraction of sp³-hybridized carbons (Fsp3) is 0.300. The zero-order valence-corrected chi connectivity index (χ0v) is 9.08. The summed E-state index contributed by atoms with van der Waals surface area (Å²) in [4.78, 5) is 10.9. The average Bonchev–Trinajstić information content (AvgIpc) is 2.19. The van der Waals surface area contributed by atoms with Gasteiger partial charge in [-0.1, -0.05) is 28.1 Å². The van der Waals surface area contributed by atoms with Crippen LogP contribution in [0.3, 0.4) is 0 Å². The van der Waals surface area contributed by atoms with Crippen molar-refractivity contribution < 1.29 is 9.53 Å². The van der Waals surface area contributed by atoms with E-state index >= 15 is 0 Å². The molecule has 1 aliphatic heterocycles. The number of benzene rings is 1. The van der Waals surface area contributed by atoms with Gasteiger partial charge in [0.15, 0.2) is 0 Å². The molecule has 1 amide bonds. The van der Waals surface area contributed by atoms with Crippen molar-refractivity contribution in [3.63, 3.8) is 0 Å². The molecule has 1 N–H and O–H groups in total. The third-order valence-corrected chi connectivity index (χ3v) is 2.61. The Balaban J connectivity index is 2.12. The molecule has 0 radical (unpaired) electrons. The maximum Gasteiger partial charge on any atom is 0.246 e. The molecule has 1 aliphatic rings. The second-order valence-corrected chi connectivity index (χ2v) is 4.07. The van der Waals surface area contributed by atoms with Gasteiger partial charge in [-0.05, 0) is 17.7 Å². The number of halogens is 1. The summed E-state index contributed by atoms with van der Waals surface area (Å²) in [5.41, 5.74) is 1.08. The molecular weight excluding hydrogens is 246 g/mol. The number of morpholine rings is 1. The summed E-state index contributed by atoms with van der Waals surface area (Å²) in [5.74, 6) is -0.0451. The van der Waals surface area contributed by atoms with Gasteiger partial charge >= 0.3 is 0 Å². The third-order valence-electron chi connectivity index (χ3n) is 2.12. The first-order valence-corrected chi connectivity index (χ1v) is 5.19. The van der Waals surface area contributed by atoms with Gasteiger partial charge in [0.25, 0.3) is 0 Å². The van der Waals surface area contributed by atoms with E-state index in [1.54, 1.807) is 0 Å². The van der Waals surface area contributed by atoms with Crippen LogP contribution in [0.2, 0.25) is 0 Å². The SMILES string of the molecule is O=C1COC(c2cccc(Br)c2)CN1. The Labute approximate surface area is 90.6 Å². The van der Waals surface area contributed by atoms with Gasteiger partial charge < -0.3 is 10.1 Å². The summed E-state index contributed by atoms with van der Waals surface area (Å²) < 4.78 is 6.42. The minimum Gasteiger partial charge on any atom is -0.362 e. The van der Waals surface area contributed by atoms with Crippen molar-refractivity contribution >= 4 is 21.8 Å². The highest BCUT2D eigenvalue weighted by atomic mass is 79.9. The summed E-state index contributed by atoms with van der Waals surface area (Å²) in [6, 6.07) is 7.92. The fourth-order valence-corrected chi connectivity index (χ4v) is 1.83. The molecule has 1 saturated heterocycles. The smallest absolute Gasteiger partial charge is 0.246 e. The van der Waals surface area contributed by atoms with Gasteiger partial charge in [0.1, 0.15) is 12.7 Å². The van der Waals surface area contributed by atoms with Gasteiger partial charge in [-0.2, -0.15) is 0 Å². The van der Waals surface area contributed by atoms with E-state index in [0.717, 1.165) is 10.0 Å². The van der Waals surface area contributed by atoms with Crippen molar-refractivity contribution in [2.24, 2.45) is 0 Å². The molecule has 1 aromatic carbocycles. The first-order valence-electron chi connectivity index (χ1n) is 4.39. The Morgan fingerprint density at radius 1 is 1.50 bits per heavy atom. The van der Waals surface area contributed by atoms with Crippen molar-refractivity contribution in [3.8, 4) is 0 Å². The van der Waals surface area contributed by atoms with E-state index in [-0.39, 0.29) is 18.6 Å². The minimum absolute atomic E-state index is 0.0230. The molecule has 1 aromatic rings. The van der Waals surface area contributed by atoms with E-state index in [1.165, 1.54) is 0 Å². The Kier molecular flexibility index (Phi) is 2.84. The molecule has 0 aliphatic carbocycles. The normalized spacial score (nSPS) is 21.8. The predicted octanol–water partition coefficient (Wildman–Crippen LogP) is 1.64. The molecule has 3 nitrogen and oxygen atoms in total. The summed E-state index contributed by atoms with van der Waals surface area (Å²) in [6.07, 6.45) is -0.0230. The van der Waals surface area contributed by atoms with Crippen LogP contribution in [0.15, 0.2) is 28.7 Å². The molecule has 74 valence electrons. The largest absolute Gasteiger partial charge is 0.362 e. The summed E-state index contributed by atoms with van der Waals surface area (Å²) >= 11 is 3.40. The Hall–Kier alpha value is -0.870. The van der Waals surface area contributed by atoms with Crippen molar-refractivity contribution in [2.75, 3.05) is 13.2 Å². The number of carbonyl (C=O) groups excluding carboxylic acids is 1. The van der Waals surface area contributed by atoms with Gasteiger partial charge in [-0.3, -0.25) is 4.79 Å². The van der Waals surface area contributed by atoms with Gasteiger partial charge in [0.2, 0.25) is 5.91 Å². The van der Waals surface area contributed by atoms with Crippen LogP contribution in [-0.4, -0.2) is 19.1 Å². The summed E-state index contributed by atoms with van der Waals surface area (Å²) in [7, 11) is 0. The van der Waals surface area contributed by atoms with E-state index in [4.69, 9.17) is 4.74 Å². The van der Waals surface area contributed by atoms with Gasteiger partial charge in [-0.25, -0.2) is 0 Å². The number of carbonyl (C=O) groups is 1. The highest BCUT2D eigenvalue weighted by Crippen LogP contribution is 2.21. The number of ether oxygens (including phenoxy) is 1. The molecule has 14 heavy (non-hydrogen) atoms. The topological polar surface area (TPSA) is 38.3 Å². The van der Waals surface area contributed by atoms with Crippen LogP contribution in [0, 0.1) is 0 Å². The standard InChI is InChI=1S/C10H10BrNO2/c11-8-3-1-2-7(4-8)9-5-12-10(13)6-14-9/h1-4,9H,5-6H2,(H,12,13). The first-order chi connectivity index (χ1) is 6.75. The lowest BCUT2D eigenvalue weighted by Gasteiger charge is -2.23. The lowest BCUT2D eigenvalue weighted by molar-refractivity contribution is -0.133. The molecule has 1 heterocycles. The van der Waals surface area contributed by atoms with Crippen LogP contribution in [0.1, 0.15) is 11.7 Å². The van der Waals surface area contributed by atoms with E-state index < -0.39 is 0 Å². The first kappa shape index (κ1) is 9.68. The van der Waals surface area contributed by atoms with Crippen LogP contribution in [0.5, 0.6) is 0 Å². The van der Waals surface area contributed by atoms with Crippen molar-refractivity contribution in [3.05, 3.63) is 34.3 Å².